The van der Waals surface area contributed by atoms with Gasteiger partial charge in [0.25, 0.3) is 0 Å². The van der Waals surface area contributed by atoms with Crippen molar-refractivity contribution in [3.05, 3.63) is 54.4 Å². The average Bonchev–Trinajstić information content (AvgIpc) is 3.08. The Bertz CT molecular complexity index is 922. The van der Waals surface area contributed by atoms with E-state index in [1.807, 2.05) is 43.6 Å². The van der Waals surface area contributed by atoms with Crippen LogP contribution in [0.3, 0.4) is 0 Å². The van der Waals surface area contributed by atoms with Gasteiger partial charge in [0.15, 0.2) is 0 Å². The van der Waals surface area contributed by atoms with Gasteiger partial charge in [0, 0.05) is 29.7 Å². The third-order valence-corrected chi connectivity index (χ3v) is 3.50. The lowest BCUT2D eigenvalue weighted by Gasteiger charge is -2.03. The van der Waals surface area contributed by atoms with E-state index in [2.05, 4.69) is 27.8 Å². The van der Waals surface area contributed by atoms with Gasteiger partial charge < -0.3 is 9.73 Å². The molecule has 1 N–H and O–H groups in total. The third kappa shape index (κ3) is 2.12. The van der Waals surface area contributed by atoms with Crippen LogP contribution < -0.4 is 5.32 Å². The Morgan fingerprint density at radius 3 is 2.81 bits per heavy atom. The Balaban J connectivity index is 1.68. The Labute approximate surface area is 121 Å². The third-order valence-electron chi connectivity index (χ3n) is 3.50. The average molecular weight is 278 g/mol. The summed E-state index contributed by atoms with van der Waals surface area (Å²) in [5.74, 6) is 0. The molecule has 5 heteroatoms. The lowest BCUT2D eigenvalue weighted by molar-refractivity contribution is 0.669. The van der Waals surface area contributed by atoms with Gasteiger partial charge in [-0.15, -0.1) is 5.10 Å². The van der Waals surface area contributed by atoms with Crippen molar-refractivity contribution in [1.29, 1.82) is 0 Å². The van der Waals surface area contributed by atoms with Crippen LogP contribution in [0.4, 0.5) is 5.69 Å². The molecule has 5 nitrogen and oxygen atoms in total. The molecule has 0 atom stereocenters. The predicted octanol–water partition coefficient (Wildman–Crippen LogP) is 3.33. The number of anilines is 1. The van der Waals surface area contributed by atoms with Gasteiger partial charge in [-0.1, -0.05) is 23.4 Å². The molecule has 0 bridgehead atoms. The van der Waals surface area contributed by atoms with Gasteiger partial charge in [-0.25, -0.2) is 0 Å². The zero-order chi connectivity index (χ0) is 14.2. The summed E-state index contributed by atoms with van der Waals surface area (Å²) in [6.07, 6.45) is 1.90. The van der Waals surface area contributed by atoms with Crippen LogP contribution >= 0.6 is 0 Å². The molecular weight excluding hydrogens is 264 g/mol. The molecule has 0 amide bonds. The van der Waals surface area contributed by atoms with Crippen LogP contribution in [-0.4, -0.2) is 15.0 Å². The summed E-state index contributed by atoms with van der Waals surface area (Å²) >= 11 is 0. The molecule has 4 rings (SSSR count). The summed E-state index contributed by atoms with van der Waals surface area (Å²) in [7, 11) is 1.86. The maximum Gasteiger partial charge on any atom is 0.135 e. The summed E-state index contributed by atoms with van der Waals surface area (Å²) in [6.45, 7) is 0.648. The van der Waals surface area contributed by atoms with E-state index in [0.717, 1.165) is 33.3 Å². The van der Waals surface area contributed by atoms with Gasteiger partial charge in [0.1, 0.15) is 16.9 Å². The first-order chi connectivity index (χ1) is 10.3. The molecule has 21 heavy (non-hydrogen) atoms. The Hall–Kier alpha value is -2.82. The lowest BCUT2D eigenvalue weighted by atomic mass is 10.1. The summed E-state index contributed by atoms with van der Waals surface area (Å²) in [6, 6.07) is 14.2. The molecule has 0 radical (unpaired) electrons. The number of fused-ring (bicyclic) bond motifs is 3. The summed E-state index contributed by atoms with van der Waals surface area (Å²) in [4.78, 5) is 0. The molecule has 0 aliphatic rings. The zero-order valence-corrected chi connectivity index (χ0v) is 11.6. The van der Waals surface area contributed by atoms with Crippen molar-refractivity contribution in [1.82, 2.24) is 15.0 Å². The summed E-state index contributed by atoms with van der Waals surface area (Å²) < 4.78 is 7.52. The van der Waals surface area contributed by atoms with E-state index < -0.39 is 0 Å². The highest BCUT2D eigenvalue weighted by Crippen LogP contribution is 2.30. The Morgan fingerprint density at radius 1 is 1.10 bits per heavy atom. The van der Waals surface area contributed by atoms with E-state index in [4.69, 9.17) is 4.42 Å². The summed E-state index contributed by atoms with van der Waals surface area (Å²) in [5, 5.41) is 13.6. The standard InChI is InChI=1S/C16H14N4O/c1-20-10-12(18-19-20)9-17-11-6-7-16-14(8-11)13-4-2-3-5-15(13)21-16/h2-8,10,17H,9H2,1H3. The maximum absolute atomic E-state index is 5.82. The minimum absolute atomic E-state index is 0.648. The van der Waals surface area contributed by atoms with Crippen molar-refractivity contribution in [2.24, 2.45) is 7.05 Å². The molecule has 0 aliphatic heterocycles. The number of hydrogen-bond acceptors (Lipinski definition) is 4. The smallest absolute Gasteiger partial charge is 0.135 e. The number of nitrogens with one attached hydrogen (secondary N) is 1. The van der Waals surface area contributed by atoms with Gasteiger partial charge in [-0.2, -0.15) is 0 Å². The number of para-hydroxylation sites is 1. The van der Waals surface area contributed by atoms with Crippen LogP contribution in [0.2, 0.25) is 0 Å². The van der Waals surface area contributed by atoms with Gasteiger partial charge in [-0.05, 0) is 24.3 Å². The Morgan fingerprint density at radius 2 is 1.95 bits per heavy atom. The van der Waals surface area contributed by atoms with Crippen LogP contribution in [-0.2, 0) is 13.6 Å². The lowest BCUT2D eigenvalue weighted by Crippen LogP contribution is -1.99. The fraction of sp³-hybridized carbons (Fsp3) is 0.125. The minimum atomic E-state index is 0.648. The SMILES string of the molecule is Cn1cc(CNc2ccc3oc4ccccc4c3c2)nn1. The zero-order valence-electron chi connectivity index (χ0n) is 11.6. The van der Waals surface area contributed by atoms with Gasteiger partial charge in [-0.3, -0.25) is 4.68 Å². The first kappa shape index (κ1) is 12.0. The van der Waals surface area contributed by atoms with E-state index >= 15 is 0 Å². The number of nitrogens with zero attached hydrogens (tertiary/aromatic N) is 3. The predicted molar refractivity (Wildman–Crippen MR) is 82.0 cm³/mol. The molecule has 0 fully saturated rings. The molecule has 0 saturated carbocycles. The molecule has 2 aromatic carbocycles. The van der Waals surface area contributed by atoms with Crippen molar-refractivity contribution in [2.75, 3.05) is 5.32 Å². The van der Waals surface area contributed by atoms with Crippen LogP contribution in [0.5, 0.6) is 0 Å². The first-order valence-electron chi connectivity index (χ1n) is 6.80. The van der Waals surface area contributed by atoms with Crippen molar-refractivity contribution in [3.8, 4) is 0 Å². The molecule has 0 saturated heterocycles. The molecular formula is C16H14N4O. The first-order valence-corrected chi connectivity index (χ1v) is 6.80. The van der Waals surface area contributed by atoms with E-state index in [0.29, 0.717) is 6.54 Å². The molecule has 2 heterocycles. The van der Waals surface area contributed by atoms with E-state index in [9.17, 15) is 0 Å². The number of furan rings is 1. The highest BCUT2D eigenvalue weighted by Gasteiger charge is 2.07. The Kier molecular flexibility index (Phi) is 2.64. The molecule has 0 spiro atoms. The molecule has 0 aliphatic carbocycles. The van der Waals surface area contributed by atoms with Crippen LogP contribution in [0.15, 0.2) is 53.1 Å². The van der Waals surface area contributed by atoms with Crippen LogP contribution in [0, 0.1) is 0 Å². The minimum Gasteiger partial charge on any atom is -0.456 e. The van der Waals surface area contributed by atoms with E-state index in [1.54, 1.807) is 4.68 Å². The molecule has 0 unspecified atom stereocenters. The largest absolute Gasteiger partial charge is 0.456 e. The number of benzene rings is 2. The number of aromatic nitrogens is 3. The van der Waals surface area contributed by atoms with Crippen LogP contribution in [0.25, 0.3) is 21.9 Å². The topological polar surface area (TPSA) is 55.9 Å². The fourth-order valence-electron chi connectivity index (χ4n) is 2.50. The fourth-order valence-corrected chi connectivity index (χ4v) is 2.50. The number of rotatable bonds is 3. The van der Waals surface area contributed by atoms with Crippen molar-refractivity contribution in [3.63, 3.8) is 0 Å². The van der Waals surface area contributed by atoms with E-state index in [-0.39, 0.29) is 0 Å². The molecule has 4 aromatic rings. The van der Waals surface area contributed by atoms with Crippen LogP contribution in [0.1, 0.15) is 5.69 Å². The second kappa shape index (κ2) is 4.63. The van der Waals surface area contributed by atoms with E-state index in [1.165, 1.54) is 0 Å². The normalized spacial score (nSPS) is 11.3. The summed E-state index contributed by atoms with van der Waals surface area (Å²) in [5.41, 5.74) is 3.77. The van der Waals surface area contributed by atoms with Crippen molar-refractivity contribution in [2.45, 2.75) is 6.54 Å². The molecule has 104 valence electrons. The second-order valence-electron chi connectivity index (χ2n) is 5.05. The van der Waals surface area contributed by atoms with Gasteiger partial charge >= 0.3 is 0 Å². The van der Waals surface area contributed by atoms with Gasteiger partial charge in [0.05, 0.1) is 6.54 Å². The number of hydrogen-bond donors (Lipinski definition) is 1. The highest BCUT2D eigenvalue weighted by molar-refractivity contribution is 6.05. The van der Waals surface area contributed by atoms with Crippen molar-refractivity contribution >= 4 is 27.6 Å². The van der Waals surface area contributed by atoms with Gasteiger partial charge in [0.2, 0.25) is 0 Å². The quantitative estimate of drug-likeness (QED) is 0.624. The highest BCUT2D eigenvalue weighted by atomic mass is 16.3. The molecule has 2 aromatic heterocycles. The van der Waals surface area contributed by atoms with Crippen molar-refractivity contribution < 1.29 is 4.42 Å². The number of aryl methyl sites for hydroxylation is 1. The maximum atomic E-state index is 5.82. The second-order valence-corrected chi connectivity index (χ2v) is 5.05. The monoisotopic (exact) mass is 278 g/mol.